The van der Waals surface area contributed by atoms with Crippen LogP contribution in [0.5, 0.6) is 0 Å². The molecule has 0 aliphatic rings. The average Bonchev–Trinajstić information content (AvgIpc) is 2.46. The maximum Gasteiger partial charge on any atom is 0.0363 e. The standard InChI is InChI=1S/C15H19N3/c1-18(11-8-13-6-9-17-10-7-13)15-4-2-14(12-16)3-5-15/h2-7,9-10H,8,11-12,16H2,1H3. The Morgan fingerprint density at radius 3 is 2.28 bits per heavy atom. The second-order valence-corrected chi connectivity index (χ2v) is 4.40. The number of aromatic nitrogens is 1. The summed E-state index contributed by atoms with van der Waals surface area (Å²) in [6.07, 6.45) is 4.70. The van der Waals surface area contributed by atoms with E-state index in [4.69, 9.17) is 5.73 Å². The third-order valence-electron chi connectivity index (χ3n) is 3.10. The topological polar surface area (TPSA) is 42.2 Å². The molecule has 0 amide bonds. The van der Waals surface area contributed by atoms with Gasteiger partial charge in [0.25, 0.3) is 0 Å². The van der Waals surface area contributed by atoms with Gasteiger partial charge in [-0.15, -0.1) is 0 Å². The SMILES string of the molecule is CN(CCc1ccncc1)c1ccc(CN)cc1. The van der Waals surface area contributed by atoms with Crippen LogP contribution in [0.2, 0.25) is 0 Å². The van der Waals surface area contributed by atoms with Crippen LogP contribution in [-0.4, -0.2) is 18.6 Å². The van der Waals surface area contributed by atoms with Crippen LogP contribution in [0.15, 0.2) is 48.8 Å². The summed E-state index contributed by atoms with van der Waals surface area (Å²) in [4.78, 5) is 6.28. The number of nitrogens with zero attached hydrogens (tertiary/aromatic N) is 2. The van der Waals surface area contributed by atoms with E-state index in [1.54, 1.807) is 0 Å². The Morgan fingerprint density at radius 2 is 1.67 bits per heavy atom. The molecule has 94 valence electrons. The van der Waals surface area contributed by atoms with Crippen LogP contribution >= 0.6 is 0 Å². The Kier molecular flexibility index (Phi) is 4.31. The van der Waals surface area contributed by atoms with Crippen LogP contribution in [0.25, 0.3) is 0 Å². The molecule has 0 atom stereocenters. The Morgan fingerprint density at radius 1 is 1.00 bits per heavy atom. The zero-order chi connectivity index (χ0) is 12.8. The molecule has 0 fully saturated rings. The molecule has 3 heteroatoms. The normalized spacial score (nSPS) is 10.3. The van der Waals surface area contributed by atoms with Gasteiger partial charge in [0, 0.05) is 38.2 Å². The summed E-state index contributed by atoms with van der Waals surface area (Å²) in [6, 6.07) is 12.5. The van der Waals surface area contributed by atoms with E-state index in [9.17, 15) is 0 Å². The van der Waals surface area contributed by atoms with Gasteiger partial charge in [0.15, 0.2) is 0 Å². The molecule has 2 aromatic rings. The van der Waals surface area contributed by atoms with Crippen molar-refractivity contribution < 1.29 is 0 Å². The highest BCUT2D eigenvalue weighted by atomic mass is 15.1. The van der Waals surface area contributed by atoms with Gasteiger partial charge in [0.1, 0.15) is 0 Å². The number of likely N-dealkylation sites (N-methyl/N-ethyl adjacent to an activating group) is 1. The molecule has 0 aliphatic carbocycles. The molecule has 0 saturated carbocycles. The second-order valence-electron chi connectivity index (χ2n) is 4.40. The molecular weight excluding hydrogens is 222 g/mol. The van der Waals surface area contributed by atoms with Crippen LogP contribution in [0.4, 0.5) is 5.69 Å². The first-order valence-corrected chi connectivity index (χ1v) is 6.18. The fourth-order valence-electron chi connectivity index (χ4n) is 1.86. The lowest BCUT2D eigenvalue weighted by molar-refractivity contribution is 0.874. The third kappa shape index (κ3) is 3.31. The molecule has 2 N–H and O–H groups in total. The molecule has 1 aromatic carbocycles. The molecule has 18 heavy (non-hydrogen) atoms. The van der Waals surface area contributed by atoms with Gasteiger partial charge in [-0.25, -0.2) is 0 Å². The maximum absolute atomic E-state index is 5.59. The third-order valence-corrected chi connectivity index (χ3v) is 3.10. The van der Waals surface area contributed by atoms with E-state index in [2.05, 4.69) is 53.3 Å². The molecule has 0 saturated heterocycles. The van der Waals surface area contributed by atoms with Crippen LogP contribution in [-0.2, 0) is 13.0 Å². The number of pyridine rings is 1. The predicted molar refractivity (Wildman–Crippen MR) is 75.5 cm³/mol. The predicted octanol–water partition coefficient (Wildman–Crippen LogP) is 2.22. The first-order chi connectivity index (χ1) is 8.79. The van der Waals surface area contributed by atoms with Crippen molar-refractivity contribution in [3.05, 3.63) is 59.9 Å². The van der Waals surface area contributed by atoms with E-state index in [1.165, 1.54) is 16.8 Å². The summed E-state index contributed by atoms with van der Waals surface area (Å²) in [5.41, 5.74) is 9.30. The van der Waals surface area contributed by atoms with Gasteiger partial charge in [0.05, 0.1) is 0 Å². The van der Waals surface area contributed by atoms with Crippen LogP contribution in [0.1, 0.15) is 11.1 Å². The van der Waals surface area contributed by atoms with Gasteiger partial charge in [-0.1, -0.05) is 12.1 Å². The lowest BCUT2D eigenvalue weighted by Crippen LogP contribution is -2.20. The Hall–Kier alpha value is -1.87. The van der Waals surface area contributed by atoms with Gasteiger partial charge < -0.3 is 10.6 Å². The van der Waals surface area contributed by atoms with Crippen molar-refractivity contribution in [3.63, 3.8) is 0 Å². The molecular formula is C15H19N3. The number of hydrogen-bond donors (Lipinski definition) is 1. The highest BCUT2D eigenvalue weighted by Gasteiger charge is 2.01. The smallest absolute Gasteiger partial charge is 0.0363 e. The molecule has 2 rings (SSSR count). The van der Waals surface area contributed by atoms with E-state index >= 15 is 0 Å². The fraction of sp³-hybridized carbons (Fsp3) is 0.267. The van der Waals surface area contributed by atoms with Crippen LogP contribution in [0, 0.1) is 0 Å². The number of hydrogen-bond acceptors (Lipinski definition) is 3. The highest BCUT2D eigenvalue weighted by molar-refractivity contribution is 5.47. The van der Waals surface area contributed by atoms with Crippen molar-refractivity contribution >= 4 is 5.69 Å². The lowest BCUT2D eigenvalue weighted by Gasteiger charge is -2.19. The van der Waals surface area contributed by atoms with Crippen molar-refractivity contribution in [2.45, 2.75) is 13.0 Å². The Labute approximate surface area is 108 Å². The minimum atomic E-state index is 0.598. The number of benzene rings is 1. The summed E-state index contributed by atoms with van der Waals surface area (Å²) in [5, 5.41) is 0. The van der Waals surface area contributed by atoms with Gasteiger partial charge in [-0.2, -0.15) is 0 Å². The Balaban J connectivity index is 1.93. The summed E-state index contributed by atoms with van der Waals surface area (Å²) < 4.78 is 0. The maximum atomic E-state index is 5.59. The van der Waals surface area contributed by atoms with Crippen molar-refractivity contribution in [1.82, 2.24) is 4.98 Å². The number of anilines is 1. The zero-order valence-corrected chi connectivity index (χ0v) is 10.7. The quantitative estimate of drug-likeness (QED) is 0.872. The van der Waals surface area contributed by atoms with Crippen molar-refractivity contribution in [2.24, 2.45) is 5.73 Å². The second kappa shape index (κ2) is 6.17. The summed E-state index contributed by atoms with van der Waals surface area (Å²) >= 11 is 0. The van der Waals surface area contributed by atoms with E-state index in [1.807, 2.05) is 12.4 Å². The number of rotatable bonds is 5. The summed E-state index contributed by atoms with van der Waals surface area (Å²) in [5.74, 6) is 0. The van der Waals surface area contributed by atoms with Gasteiger partial charge in [0.2, 0.25) is 0 Å². The van der Waals surface area contributed by atoms with E-state index in [0.717, 1.165) is 13.0 Å². The molecule has 0 spiro atoms. The first kappa shape index (κ1) is 12.6. The molecule has 0 bridgehead atoms. The van der Waals surface area contributed by atoms with Gasteiger partial charge in [-0.3, -0.25) is 4.98 Å². The highest BCUT2D eigenvalue weighted by Crippen LogP contribution is 2.14. The first-order valence-electron chi connectivity index (χ1n) is 6.18. The fourth-order valence-corrected chi connectivity index (χ4v) is 1.86. The van der Waals surface area contributed by atoms with Crippen molar-refractivity contribution in [2.75, 3.05) is 18.5 Å². The van der Waals surface area contributed by atoms with Crippen molar-refractivity contribution in [1.29, 1.82) is 0 Å². The summed E-state index contributed by atoms with van der Waals surface area (Å²) in [7, 11) is 2.11. The summed E-state index contributed by atoms with van der Waals surface area (Å²) in [6.45, 7) is 1.59. The molecule has 1 heterocycles. The monoisotopic (exact) mass is 241 g/mol. The minimum absolute atomic E-state index is 0.598. The molecule has 0 aliphatic heterocycles. The number of nitrogens with two attached hydrogens (primary N) is 1. The van der Waals surface area contributed by atoms with Crippen LogP contribution < -0.4 is 10.6 Å². The molecule has 3 nitrogen and oxygen atoms in total. The molecule has 0 radical (unpaired) electrons. The van der Waals surface area contributed by atoms with Gasteiger partial charge in [-0.05, 0) is 41.8 Å². The van der Waals surface area contributed by atoms with E-state index in [-0.39, 0.29) is 0 Å². The zero-order valence-electron chi connectivity index (χ0n) is 10.7. The Bertz CT molecular complexity index is 465. The largest absolute Gasteiger partial charge is 0.374 e. The van der Waals surface area contributed by atoms with Crippen molar-refractivity contribution in [3.8, 4) is 0 Å². The van der Waals surface area contributed by atoms with E-state index < -0.39 is 0 Å². The van der Waals surface area contributed by atoms with Gasteiger partial charge >= 0.3 is 0 Å². The minimum Gasteiger partial charge on any atom is -0.374 e. The van der Waals surface area contributed by atoms with Crippen LogP contribution in [0.3, 0.4) is 0 Å². The van der Waals surface area contributed by atoms with E-state index in [0.29, 0.717) is 6.54 Å². The lowest BCUT2D eigenvalue weighted by atomic mass is 10.1. The average molecular weight is 241 g/mol. The molecule has 1 aromatic heterocycles. The molecule has 0 unspecified atom stereocenters.